The lowest BCUT2D eigenvalue weighted by molar-refractivity contribution is -0.139. The highest BCUT2D eigenvalue weighted by molar-refractivity contribution is 8.00. The summed E-state index contributed by atoms with van der Waals surface area (Å²) in [5.41, 5.74) is 0. The van der Waals surface area contributed by atoms with Gasteiger partial charge in [0.2, 0.25) is 17.7 Å². The summed E-state index contributed by atoms with van der Waals surface area (Å²) in [7, 11) is 0. The Labute approximate surface area is 178 Å². The quantitative estimate of drug-likeness (QED) is 0.275. The maximum atomic E-state index is 12.3. The average Bonchev–Trinajstić information content (AvgIpc) is 2.95. The monoisotopic (exact) mass is 432 g/mol. The molecule has 0 radical (unpaired) electrons. The first kappa shape index (κ1) is 25.9. The zero-order chi connectivity index (χ0) is 21.5. The van der Waals surface area contributed by atoms with Crippen LogP contribution in [0.25, 0.3) is 0 Å². The molecule has 1 rings (SSSR count). The minimum atomic E-state index is -0.236. The maximum Gasteiger partial charge on any atom is 0.242 e. The van der Waals surface area contributed by atoms with E-state index in [1.54, 1.807) is 18.7 Å². The number of ether oxygens (including phenoxy) is 3. The van der Waals surface area contributed by atoms with E-state index in [9.17, 15) is 14.4 Å². The third-order valence-electron chi connectivity index (χ3n) is 4.31. The molecule has 0 spiro atoms. The van der Waals surface area contributed by atoms with Gasteiger partial charge in [0, 0.05) is 19.4 Å². The van der Waals surface area contributed by atoms with Crippen LogP contribution in [0.1, 0.15) is 40.0 Å². The standard InChI is InChI=1S/C20H36N2O6S/c1-4-18(23)21-6-8-26-10-12-28-13-11-27-9-7-22-19(24)15-17(20(22)25)29-14-5-16(2)3/h16-17H,4-15H2,1-3H3,(H,21,23). The van der Waals surface area contributed by atoms with Crippen molar-refractivity contribution in [1.82, 2.24) is 10.2 Å². The van der Waals surface area contributed by atoms with E-state index >= 15 is 0 Å². The molecule has 0 aliphatic carbocycles. The fraction of sp³-hybridized carbons (Fsp3) is 0.850. The lowest BCUT2D eigenvalue weighted by Crippen LogP contribution is -2.34. The molecular weight excluding hydrogens is 396 g/mol. The Morgan fingerprint density at radius 3 is 2.34 bits per heavy atom. The highest BCUT2D eigenvalue weighted by Gasteiger charge is 2.38. The third-order valence-corrected chi connectivity index (χ3v) is 5.55. The number of likely N-dealkylation sites (tertiary alicyclic amines) is 1. The van der Waals surface area contributed by atoms with E-state index in [1.807, 2.05) is 0 Å². The molecule has 9 heteroatoms. The van der Waals surface area contributed by atoms with Crippen molar-refractivity contribution in [2.45, 2.75) is 45.3 Å². The summed E-state index contributed by atoms with van der Waals surface area (Å²) in [5.74, 6) is 1.32. The zero-order valence-electron chi connectivity index (χ0n) is 17.9. The second-order valence-electron chi connectivity index (χ2n) is 7.17. The van der Waals surface area contributed by atoms with Gasteiger partial charge in [0.1, 0.15) is 0 Å². The summed E-state index contributed by atoms with van der Waals surface area (Å²) in [5, 5.41) is 2.49. The second-order valence-corrected chi connectivity index (χ2v) is 8.48. The number of nitrogens with one attached hydrogen (secondary N) is 1. The molecule has 1 aliphatic heterocycles. The molecule has 1 aliphatic rings. The lowest BCUT2D eigenvalue weighted by atomic mass is 10.2. The smallest absolute Gasteiger partial charge is 0.242 e. The summed E-state index contributed by atoms with van der Waals surface area (Å²) < 4.78 is 16.2. The highest BCUT2D eigenvalue weighted by atomic mass is 32.2. The van der Waals surface area contributed by atoms with Gasteiger partial charge < -0.3 is 19.5 Å². The molecular formula is C20H36N2O6S. The summed E-state index contributed by atoms with van der Waals surface area (Å²) in [6.45, 7) is 9.40. The van der Waals surface area contributed by atoms with Gasteiger partial charge in [-0.25, -0.2) is 0 Å². The molecule has 0 aromatic rings. The maximum absolute atomic E-state index is 12.3. The van der Waals surface area contributed by atoms with Crippen LogP contribution in [0, 0.1) is 5.92 Å². The van der Waals surface area contributed by atoms with Crippen LogP contribution >= 0.6 is 11.8 Å². The Morgan fingerprint density at radius 1 is 1.10 bits per heavy atom. The molecule has 0 saturated carbocycles. The Balaban J connectivity index is 1.97. The zero-order valence-corrected chi connectivity index (χ0v) is 18.8. The number of imide groups is 1. The molecule has 0 bridgehead atoms. The minimum absolute atomic E-state index is 0.0136. The van der Waals surface area contributed by atoms with Gasteiger partial charge in [-0.15, -0.1) is 11.8 Å². The van der Waals surface area contributed by atoms with E-state index in [0.717, 1.165) is 12.2 Å². The van der Waals surface area contributed by atoms with Gasteiger partial charge in [-0.2, -0.15) is 0 Å². The molecule has 8 nitrogen and oxygen atoms in total. The second kappa shape index (κ2) is 15.6. The van der Waals surface area contributed by atoms with Crippen molar-refractivity contribution in [3.63, 3.8) is 0 Å². The molecule has 29 heavy (non-hydrogen) atoms. The predicted molar refractivity (Wildman–Crippen MR) is 113 cm³/mol. The predicted octanol–water partition coefficient (Wildman–Crippen LogP) is 1.47. The highest BCUT2D eigenvalue weighted by Crippen LogP contribution is 2.26. The molecule has 0 aromatic heterocycles. The molecule has 168 valence electrons. The topological polar surface area (TPSA) is 94.2 Å². The number of hydrogen-bond acceptors (Lipinski definition) is 7. The van der Waals surface area contributed by atoms with E-state index in [0.29, 0.717) is 71.5 Å². The van der Waals surface area contributed by atoms with Crippen molar-refractivity contribution in [3.05, 3.63) is 0 Å². The van der Waals surface area contributed by atoms with Crippen molar-refractivity contribution < 1.29 is 28.6 Å². The first-order chi connectivity index (χ1) is 14.0. The van der Waals surface area contributed by atoms with Crippen LogP contribution in [0.15, 0.2) is 0 Å². The average molecular weight is 433 g/mol. The van der Waals surface area contributed by atoms with Crippen LogP contribution in [-0.4, -0.2) is 86.4 Å². The number of hydrogen-bond donors (Lipinski definition) is 1. The van der Waals surface area contributed by atoms with Crippen molar-refractivity contribution in [3.8, 4) is 0 Å². The van der Waals surface area contributed by atoms with Crippen LogP contribution in [0.4, 0.5) is 0 Å². The number of rotatable bonds is 17. The van der Waals surface area contributed by atoms with Crippen LogP contribution in [0.3, 0.4) is 0 Å². The van der Waals surface area contributed by atoms with Crippen molar-refractivity contribution in [2.24, 2.45) is 5.92 Å². The van der Waals surface area contributed by atoms with Crippen molar-refractivity contribution in [2.75, 3.05) is 58.5 Å². The normalized spacial score (nSPS) is 16.8. The molecule has 1 heterocycles. The van der Waals surface area contributed by atoms with Crippen LogP contribution in [0.5, 0.6) is 0 Å². The lowest BCUT2D eigenvalue weighted by Gasteiger charge is -2.15. The van der Waals surface area contributed by atoms with E-state index in [2.05, 4.69) is 19.2 Å². The molecule has 1 unspecified atom stereocenters. The first-order valence-corrected chi connectivity index (χ1v) is 11.5. The Bertz CT molecular complexity index is 503. The minimum Gasteiger partial charge on any atom is -0.377 e. The van der Waals surface area contributed by atoms with Gasteiger partial charge >= 0.3 is 0 Å². The SMILES string of the molecule is CCC(=O)NCCOCCOCCOCCN1C(=O)CC(SCCC(C)C)C1=O. The number of carbonyl (C=O) groups excluding carboxylic acids is 3. The molecule has 1 N–H and O–H groups in total. The third kappa shape index (κ3) is 11.6. The Morgan fingerprint density at radius 2 is 1.72 bits per heavy atom. The van der Waals surface area contributed by atoms with E-state index in [4.69, 9.17) is 14.2 Å². The molecule has 0 aromatic carbocycles. The van der Waals surface area contributed by atoms with Crippen molar-refractivity contribution in [1.29, 1.82) is 0 Å². The van der Waals surface area contributed by atoms with Gasteiger partial charge in [0.15, 0.2) is 0 Å². The van der Waals surface area contributed by atoms with Crippen LogP contribution in [0.2, 0.25) is 0 Å². The Hall–Kier alpha value is -1.16. The first-order valence-electron chi connectivity index (χ1n) is 10.4. The molecule has 1 fully saturated rings. The van der Waals surface area contributed by atoms with E-state index in [1.165, 1.54) is 4.90 Å². The van der Waals surface area contributed by atoms with Gasteiger partial charge in [-0.3, -0.25) is 19.3 Å². The largest absolute Gasteiger partial charge is 0.377 e. The van der Waals surface area contributed by atoms with Gasteiger partial charge in [0.25, 0.3) is 0 Å². The van der Waals surface area contributed by atoms with E-state index < -0.39 is 0 Å². The number of amides is 3. The number of thioether (sulfide) groups is 1. The molecule has 1 atom stereocenters. The fourth-order valence-corrected chi connectivity index (χ4v) is 3.97. The fourth-order valence-electron chi connectivity index (χ4n) is 2.55. The number of nitrogens with zero attached hydrogens (tertiary/aromatic N) is 1. The van der Waals surface area contributed by atoms with Crippen molar-refractivity contribution >= 4 is 29.5 Å². The van der Waals surface area contributed by atoms with Gasteiger partial charge in [-0.05, 0) is 18.1 Å². The summed E-state index contributed by atoms with van der Waals surface area (Å²) in [6.07, 6.45) is 1.82. The summed E-state index contributed by atoms with van der Waals surface area (Å²) in [4.78, 5) is 36.7. The molecule has 1 saturated heterocycles. The Kier molecular flexibility index (Phi) is 14.0. The summed E-state index contributed by atoms with van der Waals surface area (Å²) in [6, 6.07) is 0. The van der Waals surface area contributed by atoms with Crippen LogP contribution in [-0.2, 0) is 28.6 Å². The van der Waals surface area contributed by atoms with E-state index in [-0.39, 0.29) is 23.0 Å². The number of carbonyl (C=O) groups is 3. The van der Waals surface area contributed by atoms with Gasteiger partial charge in [0.05, 0.1) is 51.4 Å². The summed E-state index contributed by atoms with van der Waals surface area (Å²) >= 11 is 1.58. The molecule has 3 amide bonds. The van der Waals surface area contributed by atoms with Crippen LogP contribution < -0.4 is 5.32 Å². The van der Waals surface area contributed by atoms with Gasteiger partial charge in [-0.1, -0.05) is 20.8 Å².